The lowest BCUT2D eigenvalue weighted by Gasteiger charge is -2.33. The fraction of sp³-hybridized carbons (Fsp3) is 0.500. The van der Waals surface area contributed by atoms with Crippen molar-refractivity contribution in [1.29, 1.82) is 0 Å². The molecule has 116 valence electrons. The number of amides is 1. The van der Waals surface area contributed by atoms with Crippen molar-refractivity contribution in [2.75, 3.05) is 45.6 Å². The van der Waals surface area contributed by atoms with Crippen LogP contribution < -0.4 is 5.32 Å². The molecule has 1 aliphatic rings. The zero-order chi connectivity index (χ0) is 15.6. The van der Waals surface area contributed by atoms with Crippen LogP contribution in [-0.2, 0) is 6.18 Å². The molecule has 4 nitrogen and oxygen atoms in total. The van der Waals surface area contributed by atoms with Crippen LogP contribution in [0.1, 0.15) is 15.9 Å². The average Bonchev–Trinajstić information content (AvgIpc) is 2.45. The summed E-state index contributed by atoms with van der Waals surface area (Å²) in [5, 5.41) is 2.52. The van der Waals surface area contributed by atoms with E-state index in [4.69, 9.17) is 0 Å². The van der Waals surface area contributed by atoms with Crippen LogP contribution in [-0.4, -0.2) is 56.0 Å². The van der Waals surface area contributed by atoms with Crippen molar-refractivity contribution in [3.05, 3.63) is 29.3 Å². The van der Waals surface area contributed by atoms with Crippen molar-refractivity contribution < 1.29 is 18.0 Å². The minimum absolute atomic E-state index is 0.0666. The molecular formula is C14H18F3N3O. The predicted octanol–water partition coefficient (Wildman–Crippen LogP) is 2.13. The number of para-hydroxylation sites is 1. The van der Waals surface area contributed by atoms with Crippen LogP contribution in [0.2, 0.25) is 0 Å². The van der Waals surface area contributed by atoms with E-state index >= 15 is 0 Å². The lowest BCUT2D eigenvalue weighted by molar-refractivity contribution is -0.136. The van der Waals surface area contributed by atoms with Gasteiger partial charge in [-0.15, -0.1) is 0 Å². The lowest BCUT2D eigenvalue weighted by atomic mass is 10.0. The predicted molar refractivity (Wildman–Crippen MR) is 74.4 cm³/mol. The highest BCUT2D eigenvalue weighted by Crippen LogP contribution is 2.36. The average molecular weight is 301 g/mol. The van der Waals surface area contributed by atoms with Crippen LogP contribution in [0.15, 0.2) is 18.2 Å². The summed E-state index contributed by atoms with van der Waals surface area (Å²) < 4.78 is 39.0. The quantitative estimate of drug-likeness (QED) is 0.909. The zero-order valence-electron chi connectivity index (χ0n) is 12.0. The molecule has 1 saturated heterocycles. The Morgan fingerprint density at radius 3 is 2.33 bits per heavy atom. The van der Waals surface area contributed by atoms with Crippen molar-refractivity contribution >= 4 is 11.6 Å². The third-order valence-corrected chi connectivity index (χ3v) is 3.64. The summed E-state index contributed by atoms with van der Waals surface area (Å²) in [6.07, 6.45) is -4.49. The van der Waals surface area contributed by atoms with Crippen molar-refractivity contribution in [2.24, 2.45) is 0 Å². The third-order valence-electron chi connectivity index (χ3n) is 3.64. The van der Waals surface area contributed by atoms with Crippen LogP contribution >= 0.6 is 0 Å². The minimum Gasteiger partial charge on any atom is -0.387 e. The molecule has 21 heavy (non-hydrogen) atoms. The van der Waals surface area contributed by atoms with E-state index in [1.807, 2.05) is 7.05 Å². The number of alkyl halides is 3. The van der Waals surface area contributed by atoms with Gasteiger partial charge in [0.05, 0.1) is 16.8 Å². The van der Waals surface area contributed by atoms with E-state index in [0.29, 0.717) is 13.1 Å². The molecule has 0 saturated carbocycles. The highest BCUT2D eigenvalue weighted by Gasteiger charge is 2.35. The summed E-state index contributed by atoms with van der Waals surface area (Å²) in [7, 11) is 3.34. The number of carbonyl (C=O) groups is 1. The van der Waals surface area contributed by atoms with Gasteiger partial charge in [0.25, 0.3) is 5.91 Å². The van der Waals surface area contributed by atoms with Gasteiger partial charge in [-0.25, -0.2) is 0 Å². The van der Waals surface area contributed by atoms with E-state index in [1.165, 1.54) is 19.2 Å². The first-order chi connectivity index (χ1) is 9.84. The van der Waals surface area contributed by atoms with Gasteiger partial charge in [-0.2, -0.15) is 13.2 Å². The maximum atomic E-state index is 13.0. The van der Waals surface area contributed by atoms with Crippen LogP contribution in [0.25, 0.3) is 0 Å². The smallest absolute Gasteiger partial charge is 0.387 e. The minimum atomic E-state index is -4.49. The van der Waals surface area contributed by atoms with Gasteiger partial charge in [-0.1, -0.05) is 6.07 Å². The molecule has 0 radical (unpaired) electrons. The van der Waals surface area contributed by atoms with Crippen molar-refractivity contribution in [3.63, 3.8) is 0 Å². The van der Waals surface area contributed by atoms with E-state index in [2.05, 4.69) is 10.2 Å². The molecule has 1 aromatic rings. The second-order valence-corrected chi connectivity index (χ2v) is 5.07. The van der Waals surface area contributed by atoms with Crippen LogP contribution in [0.4, 0.5) is 18.9 Å². The van der Waals surface area contributed by atoms with Gasteiger partial charge in [-0.05, 0) is 19.2 Å². The fourth-order valence-corrected chi connectivity index (χ4v) is 2.42. The summed E-state index contributed by atoms with van der Waals surface area (Å²) in [6.45, 7) is 2.49. The number of hydrogen-bond acceptors (Lipinski definition) is 3. The molecule has 7 heteroatoms. The largest absolute Gasteiger partial charge is 0.418 e. The number of nitrogens with one attached hydrogen (secondary N) is 1. The number of benzene rings is 1. The summed E-state index contributed by atoms with van der Waals surface area (Å²) in [5.74, 6) is -0.362. The summed E-state index contributed by atoms with van der Waals surface area (Å²) in [5.41, 5.74) is -0.907. The first kappa shape index (κ1) is 15.6. The molecule has 1 aliphatic heterocycles. The molecular weight excluding hydrogens is 283 g/mol. The lowest BCUT2D eigenvalue weighted by Crippen LogP contribution is -2.47. The molecule has 1 heterocycles. The van der Waals surface area contributed by atoms with E-state index in [1.54, 1.807) is 4.90 Å². The highest BCUT2D eigenvalue weighted by atomic mass is 19.4. The number of piperazine rings is 1. The van der Waals surface area contributed by atoms with Gasteiger partial charge in [0.2, 0.25) is 0 Å². The maximum Gasteiger partial charge on any atom is 0.418 e. The van der Waals surface area contributed by atoms with Gasteiger partial charge >= 0.3 is 6.18 Å². The van der Waals surface area contributed by atoms with Gasteiger partial charge in [-0.3, -0.25) is 4.79 Å². The Bertz CT molecular complexity index is 523. The normalized spacial score (nSPS) is 16.9. The molecule has 0 bridgehead atoms. The zero-order valence-corrected chi connectivity index (χ0v) is 12.0. The molecule has 0 atom stereocenters. The Labute approximate surface area is 121 Å². The Morgan fingerprint density at radius 2 is 1.81 bits per heavy atom. The van der Waals surface area contributed by atoms with E-state index in [9.17, 15) is 18.0 Å². The Morgan fingerprint density at radius 1 is 1.19 bits per heavy atom. The highest BCUT2D eigenvalue weighted by molar-refractivity contribution is 6.00. The maximum absolute atomic E-state index is 13.0. The van der Waals surface area contributed by atoms with Crippen LogP contribution in [0.5, 0.6) is 0 Å². The molecule has 1 N–H and O–H groups in total. The summed E-state index contributed by atoms with van der Waals surface area (Å²) in [6, 6.07) is 3.68. The standard InChI is InChI=1S/C14H18F3N3O/c1-18-12-10(4-3-5-11(12)14(15,16)17)13(21)20-8-6-19(2)7-9-20/h3-5,18H,6-9H2,1-2H3. The fourth-order valence-electron chi connectivity index (χ4n) is 2.42. The number of nitrogens with zero attached hydrogens (tertiary/aromatic N) is 2. The Hall–Kier alpha value is -1.76. The topological polar surface area (TPSA) is 35.6 Å². The Balaban J connectivity index is 2.33. The molecule has 2 rings (SSSR count). The first-order valence-corrected chi connectivity index (χ1v) is 6.70. The van der Waals surface area contributed by atoms with Crippen LogP contribution in [0, 0.1) is 0 Å². The third kappa shape index (κ3) is 3.29. The number of halogens is 3. The molecule has 0 aromatic heterocycles. The van der Waals surface area contributed by atoms with E-state index < -0.39 is 11.7 Å². The Kier molecular flexibility index (Phi) is 4.41. The summed E-state index contributed by atoms with van der Waals surface area (Å²) >= 11 is 0. The van der Waals surface area contributed by atoms with Crippen molar-refractivity contribution in [2.45, 2.75) is 6.18 Å². The molecule has 1 amide bonds. The number of likely N-dealkylation sites (N-methyl/N-ethyl adjacent to an activating group) is 1. The number of carbonyl (C=O) groups excluding carboxylic acids is 1. The van der Waals surface area contributed by atoms with E-state index in [0.717, 1.165) is 19.2 Å². The van der Waals surface area contributed by atoms with Crippen LogP contribution in [0.3, 0.4) is 0 Å². The summed E-state index contributed by atoms with van der Waals surface area (Å²) in [4.78, 5) is 16.1. The van der Waals surface area contributed by atoms with Crippen molar-refractivity contribution in [1.82, 2.24) is 9.80 Å². The number of anilines is 1. The van der Waals surface area contributed by atoms with Gasteiger partial charge in [0, 0.05) is 33.2 Å². The molecule has 0 spiro atoms. The SMILES string of the molecule is CNc1c(C(=O)N2CCN(C)CC2)cccc1C(F)(F)F. The van der Waals surface area contributed by atoms with Crippen molar-refractivity contribution in [3.8, 4) is 0 Å². The number of hydrogen-bond donors (Lipinski definition) is 1. The van der Waals surface area contributed by atoms with E-state index in [-0.39, 0.29) is 17.2 Å². The van der Waals surface area contributed by atoms with Gasteiger partial charge < -0.3 is 15.1 Å². The van der Waals surface area contributed by atoms with Gasteiger partial charge in [0.15, 0.2) is 0 Å². The molecule has 0 unspecified atom stereocenters. The monoisotopic (exact) mass is 301 g/mol. The molecule has 1 fully saturated rings. The number of rotatable bonds is 2. The van der Waals surface area contributed by atoms with Gasteiger partial charge in [0.1, 0.15) is 0 Å². The second-order valence-electron chi connectivity index (χ2n) is 5.07. The molecule has 1 aromatic carbocycles. The first-order valence-electron chi connectivity index (χ1n) is 6.70. The molecule has 0 aliphatic carbocycles. The second kappa shape index (κ2) is 5.93.